The Hall–Kier alpha value is -3.63. The molecule has 0 aliphatic carbocycles. The number of pyridine rings is 1. The molecule has 8 nitrogen and oxygen atoms in total. The minimum Gasteiger partial charge on any atom is -0.348 e. The minimum atomic E-state index is -2.94. The lowest BCUT2D eigenvalue weighted by atomic mass is 9.99. The Morgan fingerprint density at radius 1 is 1.28 bits per heavy atom. The molecule has 1 amide bonds. The molecule has 1 atom stereocenters. The number of aromatic amines is 1. The summed E-state index contributed by atoms with van der Waals surface area (Å²) in [6.07, 6.45) is 4.39. The molecule has 1 aliphatic heterocycles. The largest absolute Gasteiger partial charge is 0.348 e. The van der Waals surface area contributed by atoms with Gasteiger partial charge >= 0.3 is 6.55 Å². The summed E-state index contributed by atoms with van der Waals surface area (Å²) in [4.78, 5) is 22.0. The highest BCUT2D eigenvalue weighted by molar-refractivity contribution is 5.93. The number of carbonyl (C=O) groups excluding carboxylic acids is 1. The van der Waals surface area contributed by atoms with Gasteiger partial charge in [0, 0.05) is 24.9 Å². The van der Waals surface area contributed by atoms with Crippen molar-refractivity contribution in [3.63, 3.8) is 0 Å². The van der Waals surface area contributed by atoms with Crippen LogP contribution in [0, 0.1) is 5.82 Å². The second-order valence-electron chi connectivity index (χ2n) is 6.64. The normalized spacial score (nSPS) is 16.6. The van der Waals surface area contributed by atoms with Gasteiger partial charge in [0.2, 0.25) is 0 Å². The number of fused-ring (bicyclic) bond motifs is 2. The molecular formula is C18H14F3N7O. The number of imidazole rings is 1. The molecule has 11 heteroatoms. The smallest absolute Gasteiger partial charge is 0.333 e. The number of rotatable bonds is 3. The fourth-order valence-corrected chi connectivity index (χ4v) is 3.70. The maximum atomic E-state index is 13.6. The lowest BCUT2D eigenvalue weighted by Gasteiger charge is -2.33. The third-order valence-electron chi connectivity index (χ3n) is 4.98. The minimum absolute atomic E-state index is 0.223. The highest BCUT2D eigenvalue weighted by Gasteiger charge is 2.37. The Balaban J connectivity index is 1.62. The predicted molar refractivity (Wildman–Crippen MR) is 93.8 cm³/mol. The van der Waals surface area contributed by atoms with Crippen molar-refractivity contribution < 1.29 is 18.0 Å². The molecule has 0 radical (unpaired) electrons. The zero-order valence-electron chi connectivity index (χ0n) is 14.8. The molecule has 4 aromatic heterocycles. The lowest BCUT2D eigenvalue weighted by Crippen LogP contribution is -2.41. The Kier molecular flexibility index (Phi) is 3.89. The number of nitrogens with one attached hydrogen (secondary N) is 1. The van der Waals surface area contributed by atoms with Crippen LogP contribution in [0.5, 0.6) is 0 Å². The summed E-state index contributed by atoms with van der Waals surface area (Å²) in [5, 5.41) is 7.95. The zero-order chi connectivity index (χ0) is 20.1. The van der Waals surface area contributed by atoms with E-state index in [2.05, 4.69) is 20.2 Å². The van der Waals surface area contributed by atoms with Crippen molar-refractivity contribution in [2.75, 3.05) is 6.54 Å². The third kappa shape index (κ3) is 2.77. The highest BCUT2D eigenvalue weighted by Crippen LogP contribution is 2.34. The van der Waals surface area contributed by atoms with Gasteiger partial charge in [0.1, 0.15) is 17.6 Å². The van der Waals surface area contributed by atoms with Crippen LogP contribution < -0.4 is 0 Å². The van der Waals surface area contributed by atoms with Gasteiger partial charge in [-0.05, 0) is 24.3 Å². The molecule has 0 aromatic carbocycles. The zero-order valence-corrected chi connectivity index (χ0v) is 14.8. The summed E-state index contributed by atoms with van der Waals surface area (Å²) in [6, 6.07) is 5.15. The maximum Gasteiger partial charge on any atom is 0.333 e. The molecule has 0 fully saturated rings. The van der Waals surface area contributed by atoms with Gasteiger partial charge in [-0.3, -0.25) is 4.79 Å². The van der Waals surface area contributed by atoms with Gasteiger partial charge in [0.05, 0.1) is 29.4 Å². The van der Waals surface area contributed by atoms with Crippen molar-refractivity contribution in [2.45, 2.75) is 19.0 Å². The fourth-order valence-electron chi connectivity index (χ4n) is 3.70. The van der Waals surface area contributed by atoms with Gasteiger partial charge in [0.15, 0.2) is 0 Å². The summed E-state index contributed by atoms with van der Waals surface area (Å²) in [5.74, 6) is -1.06. The number of H-pyrrole nitrogens is 1. The van der Waals surface area contributed by atoms with Crippen LogP contribution in [-0.4, -0.2) is 46.7 Å². The van der Waals surface area contributed by atoms with E-state index in [1.165, 1.54) is 34.1 Å². The molecule has 0 unspecified atom stereocenters. The average molecular weight is 401 g/mol. The van der Waals surface area contributed by atoms with Gasteiger partial charge in [-0.2, -0.15) is 23.7 Å². The van der Waals surface area contributed by atoms with Crippen LogP contribution in [0.25, 0.3) is 5.52 Å². The predicted octanol–water partition coefficient (Wildman–Crippen LogP) is 2.58. The van der Waals surface area contributed by atoms with Crippen molar-refractivity contribution in [3.8, 4) is 0 Å². The Morgan fingerprint density at radius 2 is 2.14 bits per heavy atom. The second-order valence-corrected chi connectivity index (χ2v) is 6.64. The van der Waals surface area contributed by atoms with Crippen LogP contribution in [0.15, 0.2) is 43.0 Å². The van der Waals surface area contributed by atoms with E-state index in [0.717, 1.165) is 11.9 Å². The number of hydrogen-bond acceptors (Lipinski definition) is 4. The number of amides is 1. The van der Waals surface area contributed by atoms with Crippen LogP contribution in [0.2, 0.25) is 0 Å². The van der Waals surface area contributed by atoms with E-state index in [-0.39, 0.29) is 12.2 Å². The summed E-state index contributed by atoms with van der Waals surface area (Å²) in [6.45, 7) is -2.67. The highest BCUT2D eigenvalue weighted by atomic mass is 19.3. The van der Waals surface area contributed by atoms with Gasteiger partial charge in [-0.25, -0.2) is 13.9 Å². The molecular weight excluding hydrogens is 387 g/mol. The van der Waals surface area contributed by atoms with Gasteiger partial charge in [-0.15, -0.1) is 0 Å². The van der Waals surface area contributed by atoms with E-state index in [9.17, 15) is 18.0 Å². The molecule has 29 heavy (non-hydrogen) atoms. The van der Waals surface area contributed by atoms with E-state index in [4.69, 9.17) is 0 Å². The molecule has 0 spiro atoms. The number of carbonyl (C=O) groups is 1. The summed E-state index contributed by atoms with van der Waals surface area (Å²) in [7, 11) is 0. The van der Waals surface area contributed by atoms with Crippen LogP contribution in [-0.2, 0) is 6.42 Å². The number of halogens is 3. The van der Waals surface area contributed by atoms with Crippen molar-refractivity contribution in [1.29, 1.82) is 0 Å². The number of nitrogens with zero attached hydrogens (tertiary/aromatic N) is 6. The molecule has 1 N–H and O–H groups in total. The number of hydrogen-bond donors (Lipinski definition) is 1. The van der Waals surface area contributed by atoms with E-state index in [0.29, 0.717) is 28.0 Å². The fraction of sp³-hybridized carbons (Fsp3) is 0.222. The van der Waals surface area contributed by atoms with Crippen LogP contribution in [0.1, 0.15) is 40.2 Å². The van der Waals surface area contributed by atoms with E-state index >= 15 is 0 Å². The van der Waals surface area contributed by atoms with Crippen LogP contribution in [0.3, 0.4) is 0 Å². The Bertz CT molecular complexity index is 1210. The summed E-state index contributed by atoms with van der Waals surface area (Å²) in [5.41, 5.74) is 2.29. The molecule has 148 valence electrons. The first-order chi connectivity index (χ1) is 14.0. The van der Waals surface area contributed by atoms with E-state index in [1.54, 1.807) is 12.1 Å². The second kappa shape index (κ2) is 6.47. The van der Waals surface area contributed by atoms with E-state index < -0.39 is 24.3 Å². The average Bonchev–Trinajstić information content (AvgIpc) is 3.43. The first kappa shape index (κ1) is 17.5. The molecule has 5 rings (SSSR count). The Labute approximate surface area is 161 Å². The first-order valence-corrected chi connectivity index (χ1v) is 8.82. The Morgan fingerprint density at radius 3 is 2.97 bits per heavy atom. The van der Waals surface area contributed by atoms with Crippen molar-refractivity contribution >= 4 is 11.4 Å². The summed E-state index contributed by atoms with van der Waals surface area (Å²) < 4.78 is 41.8. The van der Waals surface area contributed by atoms with Crippen LogP contribution >= 0.6 is 0 Å². The molecule has 5 heterocycles. The lowest BCUT2D eigenvalue weighted by molar-refractivity contribution is 0.0441. The van der Waals surface area contributed by atoms with Crippen molar-refractivity contribution in [2.24, 2.45) is 0 Å². The van der Waals surface area contributed by atoms with Crippen LogP contribution in [0.4, 0.5) is 13.2 Å². The first-order valence-electron chi connectivity index (χ1n) is 8.82. The van der Waals surface area contributed by atoms with Gasteiger partial charge in [-0.1, -0.05) is 0 Å². The van der Waals surface area contributed by atoms with Gasteiger partial charge in [0.25, 0.3) is 5.91 Å². The standard InChI is InChI=1S/C18H14F3N7O/c19-10-1-2-11-7-13(25-27(11)8-10)16-15-12(22-9-23-15)4-6-26(16)17(29)14-3-5-24-28(14)18(20)21/h1-3,5,7-9,16,18H,4,6H2,(H,22,23)/t16-/m1/s1. The molecule has 0 saturated carbocycles. The summed E-state index contributed by atoms with van der Waals surface area (Å²) >= 11 is 0. The number of alkyl halides is 2. The molecule has 4 aromatic rings. The monoisotopic (exact) mass is 401 g/mol. The quantitative estimate of drug-likeness (QED) is 0.572. The topological polar surface area (TPSA) is 84.1 Å². The van der Waals surface area contributed by atoms with E-state index in [1.807, 2.05) is 0 Å². The molecule has 0 bridgehead atoms. The number of aromatic nitrogens is 6. The van der Waals surface area contributed by atoms with Crippen molar-refractivity contribution in [1.82, 2.24) is 34.3 Å². The van der Waals surface area contributed by atoms with Gasteiger partial charge < -0.3 is 9.88 Å². The maximum absolute atomic E-state index is 13.6. The SMILES string of the molecule is O=C(c1ccnn1C(F)F)N1CCc2[nH]cnc2[C@H]1c1cc2ccc(F)cn2n1. The third-order valence-corrected chi connectivity index (χ3v) is 4.98. The molecule has 1 aliphatic rings. The van der Waals surface area contributed by atoms with Crippen molar-refractivity contribution in [3.05, 3.63) is 71.6 Å². The molecule has 0 saturated heterocycles.